The summed E-state index contributed by atoms with van der Waals surface area (Å²) in [7, 11) is 0. The fourth-order valence-electron chi connectivity index (χ4n) is 1.37. The minimum Gasteiger partial charge on any atom is -0.465 e. The zero-order chi connectivity index (χ0) is 11.5. The van der Waals surface area contributed by atoms with Gasteiger partial charge in [0.15, 0.2) is 0 Å². The van der Waals surface area contributed by atoms with Crippen molar-refractivity contribution in [3.8, 4) is 0 Å². The maximum absolute atomic E-state index is 11.3. The molecule has 0 bridgehead atoms. The van der Waals surface area contributed by atoms with Gasteiger partial charge in [0.2, 0.25) is 0 Å². The number of hydrogen-bond donors (Lipinski definition) is 0. The van der Waals surface area contributed by atoms with Gasteiger partial charge in [-0.1, -0.05) is 0 Å². The predicted octanol–water partition coefficient (Wildman–Crippen LogP) is 1.60. The van der Waals surface area contributed by atoms with Gasteiger partial charge in [-0.15, -0.1) is 0 Å². The molecule has 0 aliphatic heterocycles. The monoisotopic (exact) mass is 331 g/mol. The molecule has 2 heterocycles. The molecule has 0 fully saturated rings. The molecule has 0 saturated heterocycles. The summed E-state index contributed by atoms with van der Waals surface area (Å²) in [6, 6.07) is 3.69. The molecule has 0 radical (unpaired) electrons. The molecule has 0 amide bonds. The van der Waals surface area contributed by atoms with Crippen LogP contribution >= 0.6 is 22.6 Å². The number of nitrogens with zero attached hydrogens (tertiary/aromatic N) is 3. The van der Waals surface area contributed by atoms with Crippen LogP contribution in [-0.4, -0.2) is 27.3 Å². The standard InChI is InChI=1S/C10H10IN3O2/c1-2-16-8(15)6-14-10(11)9-7(13-14)4-3-5-12-9/h3-5H,2,6H2,1H3. The Labute approximate surface area is 106 Å². The van der Waals surface area contributed by atoms with Gasteiger partial charge in [0.25, 0.3) is 0 Å². The van der Waals surface area contributed by atoms with Crippen LogP contribution in [0.5, 0.6) is 0 Å². The van der Waals surface area contributed by atoms with E-state index in [0.717, 1.165) is 14.7 Å². The Hall–Kier alpha value is -1.18. The van der Waals surface area contributed by atoms with E-state index in [1.54, 1.807) is 17.8 Å². The number of ether oxygens (including phenoxy) is 1. The summed E-state index contributed by atoms with van der Waals surface area (Å²) in [5.74, 6) is -0.284. The number of rotatable bonds is 3. The Balaban J connectivity index is 2.31. The highest BCUT2D eigenvalue weighted by molar-refractivity contribution is 14.1. The van der Waals surface area contributed by atoms with Crippen LogP contribution in [0, 0.1) is 3.70 Å². The summed E-state index contributed by atoms with van der Waals surface area (Å²) in [4.78, 5) is 15.5. The predicted molar refractivity (Wildman–Crippen MR) is 66.9 cm³/mol. The van der Waals surface area contributed by atoms with Crippen molar-refractivity contribution in [2.75, 3.05) is 6.61 Å². The van der Waals surface area contributed by atoms with Crippen LogP contribution in [-0.2, 0) is 16.1 Å². The summed E-state index contributed by atoms with van der Waals surface area (Å²) < 4.78 is 7.33. The maximum Gasteiger partial charge on any atom is 0.327 e. The molecule has 2 aromatic heterocycles. The first-order chi connectivity index (χ1) is 7.72. The average molecular weight is 331 g/mol. The summed E-state index contributed by atoms with van der Waals surface area (Å²) >= 11 is 2.13. The van der Waals surface area contributed by atoms with Crippen LogP contribution in [0.3, 0.4) is 0 Å². The summed E-state index contributed by atoms with van der Waals surface area (Å²) in [5.41, 5.74) is 1.60. The average Bonchev–Trinajstić information content (AvgIpc) is 2.57. The number of halogens is 1. The highest BCUT2D eigenvalue weighted by Crippen LogP contribution is 2.17. The molecule has 0 spiro atoms. The highest BCUT2D eigenvalue weighted by Gasteiger charge is 2.12. The molecular formula is C10H10IN3O2. The minimum atomic E-state index is -0.284. The molecule has 84 valence electrons. The molecule has 6 heteroatoms. The molecule has 2 rings (SSSR count). The van der Waals surface area contributed by atoms with Gasteiger partial charge in [0.05, 0.1) is 6.61 Å². The summed E-state index contributed by atoms with van der Waals surface area (Å²) in [6.07, 6.45) is 1.71. The van der Waals surface area contributed by atoms with Crippen molar-refractivity contribution in [3.05, 3.63) is 22.0 Å². The van der Waals surface area contributed by atoms with E-state index in [0.29, 0.717) is 6.61 Å². The van der Waals surface area contributed by atoms with Crippen molar-refractivity contribution in [1.82, 2.24) is 14.8 Å². The topological polar surface area (TPSA) is 57.0 Å². The largest absolute Gasteiger partial charge is 0.465 e. The lowest BCUT2D eigenvalue weighted by atomic mass is 10.4. The minimum absolute atomic E-state index is 0.127. The van der Waals surface area contributed by atoms with Gasteiger partial charge >= 0.3 is 5.97 Å². The number of pyridine rings is 1. The lowest BCUT2D eigenvalue weighted by Gasteiger charge is -2.02. The third-order valence-corrected chi connectivity index (χ3v) is 3.09. The molecule has 0 N–H and O–H groups in total. The van der Waals surface area contributed by atoms with E-state index in [-0.39, 0.29) is 12.5 Å². The molecule has 0 unspecified atom stereocenters. The van der Waals surface area contributed by atoms with Gasteiger partial charge in [-0.3, -0.25) is 9.78 Å². The van der Waals surface area contributed by atoms with Crippen LogP contribution in [0.25, 0.3) is 11.0 Å². The van der Waals surface area contributed by atoms with Crippen molar-refractivity contribution in [3.63, 3.8) is 0 Å². The van der Waals surface area contributed by atoms with E-state index >= 15 is 0 Å². The van der Waals surface area contributed by atoms with Gasteiger partial charge in [-0.25, -0.2) is 4.68 Å². The Bertz CT molecular complexity index is 524. The lowest BCUT2D eigenvalue weighted by Crippen LogP contribution is -2.15. The molecule has 0 atom stereocenters. The van der Waals surface area contributed by atoms with E-state index in [1.807, 2.05) is 12.1 Å². The Morgan fingerprint density at radius 3 is 3.12 bits per heavy atom. The SMILES string of the molecule is CCOC(=O)Cn1nc2cccnc2c1I. The van der Waals surface area contributed by atoms with Crippen molar-refractivity contribution < 1.29 is 9.53 Å². The number of carbonyl (C=O) groups is 1. The number of aromatic nitrogens is 3. The third kappa shape index (κ3) is 2.16. The summed E-state index contributed by atoms with van der Waals surface area (Å²) in [5, 5.41) is 4.28. The van der Waals surface area contributed by atoms with Crippen LogP contribution in [0.2, 0.25) is 0 Å². The van der Waals surface area contributed by atoms with Gasteiger partial charge in [-0.2, -0.15) is 5.10 Å². The second-order valence-corrected chi connectivity index (χ2v) is 4.15. The van der Waals surface area contributed by atoms with E-state index in [1.165, 1.54) is 0 Å². The van der Waals surface area contributed by atoms with Crippen LogP contribution in [0.1, 0.15) is 6.92 Å². The van der Waals surface area contributed by atoms with Crippen LogP contribution < -0.4 is 0 Å². The number of hydrogen-bond acceptors (Lipinski definition) is 4. The van der Waals surface area contributed by atoms with Crippen molar-refractivity contribution >= 4 is 39.6 Å². The molecule has 2 aromatic rings. The Kier molecular flexibility index (Phi) is 3.37. The van der Waals surface area contributed by atoms with Crippen molar-refractivity contribution in [1.29, 1.82) is 0 Å². The molecular weight excluding hydrogens is 321 g/mol. The number of esters is 1. The highest BCUT2D eigenvalue weighted by atomic mass is 127. The fourth-order valence-corrected chi connectivity index (χ4v) is 2.06. The molecule has 0 saturated carbocycles. The normalized spacial score (nSPS) is 10.6. The van der Waals surface area contributed by atoms with E-state index in [4.69, 9.17) is 4.74 Å². The van der Waals surface area contributed by atoms with Gasteiger partial charge in [0.1, 0.15) is 21.3 Å². The summed E-state index contributed by atoms with van der Waals surface area (Å²) in [6.45, 7) is 2.29. The molecule has 16 heavy (non-hydrogen) atoms. The van der Waals surface area contributed by atoms with Gasteiger partial charge in [-0.05, 0) is 41.6 Å². The first-order valence-electron chi connectivity index (χ1n) is 4.85. The number of carbonyl (C=O) groups excluding carboxylic acids is 1. The second-order valence-electron chi connectivity index (χ2n) is 3.12. The lowest BCUT2D eigenvalue weighted by molar-refractivity contribution is -0.144. The zero-order valence-corrected chi connectivity index (χ0v) is 10.8. The third-order valence-electron chi connectivity index (χ3n) is 2.02. The molecule has 0 aliphatic carbocycles. The van der Waals surface area contributed by atoms with Crippen LogP contribution in [0.4, 0.5) is 0 Å². The second kappa shape index (κ2) is 4.77. The fraction of sp³-hybridized carbons (Fsp3) is 0.300. The van der Waals surface area contributed by atoms with E-state index < -0.39 is 0 Å². The molecule has 5 nitrogen and oxygen atoms in total. The first-order valence-corrected chi connectivity index (χ1v) is 5.93. The van der Waals surface area contributed by atoms with Gasteiger partial charge < -0.3 is 4.74 Å². The van der Waals surface area contributed by atoms with E-state index in [2.05, 4.69) is 32.7 Å². The van der Waals surface area contributed by atoms with Crippen molar-refractivity contribution in [2.45, 2.75) is 13.5 Å². The Morgan fingerprint density at radius 2 is 2.44 bits per heavy atom. The molecule has 0 aliphatic rings. The van der Waals surface area contributed by atoms with Gasteiger partial charge in [0, 0.05) is 6.20 Å². The zero-order valence-electron chi connectivity index (χ0n) is 8.68. The van der Waals surface area contributed by atoms with E-state index in [9.17, 15) is 4.79 Å². The first kappa shape index (κ1) is 11.3. The quantitative estimate of drug-likeness (QED) is 0.633. The van der Waals surface area contributed by atoms with Crippen molar-refractivity contribution in [2.24, 2.45) is 0 Å². The number of fused-ring (bicyclic) bond motifs is 1. The van der Waals surface area contributed by atoms with Crippen LogP contribution in [0.15, 0.2) is 18.3 Å². The molecule has 0 aromatic carbocycles. The Morgan fingerprint density at radius 1 is 1.62 bits per heavy atom. The smallest absolute Gasteiger partial charge is 0.327 e. The maximum atomic E-state index is 11.3.